The van der Waals surface area contributed by atoms with E-state index in [1.54, 1.807) is 7.05 Å². The highest BCUT2D eigenvalue weighted by atomic mass is 16.3. The maximum atomic E-state index is 9.75. The zero-order valence-electron chi connectivity index (χ0n) is 9.89. The van der Waals surface area contributed by atoms with Crippen LogP contribution in [-0.4, -0.2) is 48.8 Å². The predicted molar refractivity (Wildman–Crippen MR) is 61.2 cm³/mol. The molecule has 1 fully saturated rings. The minimum atomic E-state index is -0.360. The topological polar surface area (TPSA) is 48.2 Å². The zero-order chi connectivity index (χ0) is 11.1. The van der Waals surface area contributed by atoms with Gasteiger partial charge in [-0.1, -0.05) is 13.3 Å². The average molecular weight is 213 g/mol. The van der Waals surface area contributed by atoms with Crippen molar-refractivity contribution >= 4 is 0 Å². The van der Waals surface area contributed by atoms with E-state index in [0.717, 1.165) is 13.1 Å². The van der Waals surface area contributed by atoms with Gasteiger partial charge in [0.2, 0.25) is 0 Å². The van der Waals surface area contributed by atoms with Crippen LogP contribution in [0.5, 0.6) is 0 Å². The van der Waals surface area contributed by atoms with Crippen LogP contribution < -0.4 is 0 Å². The first kappa shape index (κ1) is 12.6. The van der Waals surface area contributed by atoms with Crippen LogP contribution in [0.1, 0.15) is 32.6 Å². The van der Waals surface area contributed by atoms with Crippen molar-refractivity contribution in [3.05, 3.63) is 0 Å². The summed E-state index contributed by atoms with van der Waals surface area (Å²) in [5, 5.41) is 17.2. The molecule has 0 radical (unpaired) electrons. The number of likely N-dealkylation sites (tertiary alicyclic amines) is 1. The Hall–Kier alpha value is -0.480. The van der Waals surface area contributed by atoms with Gasteiger partial charge in [-0.2, -0.15) is 10.2 Å². The van der Waals surface area contributed by atoms with Crippen molar-refractivity contribution in [1.29, 1.82) is 0 Å². The van der Waals surface area contributed by atoms with E-state index in [4.69, 9.17) is 0 Å². The molecule has 0 amide bonds. The fourth-order valence-electron chi connectivity index (χ4n) is 2.27. The number of nitrogens with zero attached hydrogens (tertiary/aromatic N) is 3. The quantitative estimate of drug-likeness (QED) is 0.706. The molecule has 88 valence electrons. The van der Waals surface area contributed by atoms with E-state index in [1.165, 1.54) is 25.7 Å². The van der Waals surface area contributed by atoms with Gasteiger partial charge in [-0.25, -0.2) is 0 Å². The molecule has 1 aliphatic heterocycles. The fourth-order valence-corrected chi connectivity index (χ4v) is 2.27. The summed E-state index contributed by atoms with van der Waals surface area (Å²) in [7, 11) is 1.64. The number of β-amino-alcohol motifs (C(OH)–C–C–N with tert-alkyl or cyclic N) is 1. The molecular formula is C11H23N3O. The molecule has 1 saturated heterocycles. The molecule has 0 aliphatic carbocycles. The van der Waals surface area contributed by atoms with E-state index >= 15 is 0 Å². The van der Waals surface area contributed by atoms with Crippen LogP contribution in [0.15, 0.2) is 10.2 Å². The van der Waals surface area contributed by atoms with Crippen molar-refractivity contribution in [2.45, 2.75) is 44.8 Å². The summed E-state index contributed by atoms with van der Waals surface area (Å²) in [4.78, 5) is 2.40. The van der Waals surface area contributed by atoms with E-state index in [0.29, 0.717) is 12.6 Å². The molecular weight excluding hydrogens is 190 g/mol. The number of aliphatic hydroxyl groups is 1. The lowest BCUT2D eigenvalue weighted by Gasteiger charge is -2.36. The van der Waals surface area contributed by atoms with Gasteiger partial charge in [0.15, 0.2) is 0 Å². The first-order valence-corrected chi connectivity index (χ1v) is 5.95. The molecule has 1 N–H and O–H groups in total. The second-order valence-corrected chi connectivity index (χ2v) is 4.23. The Kier molecular flexibility index (Phi) is 5.79. The van der Waals surface area contributed by atoms with Crippen LogP contribution in [0.2, 0.25) is 0 Å². The molecule has 1 unspecified atom stereocenters. The molecule has 0 aromatic heterocycles. The summed E-state index contributed by atoms with van der Waals surface area (Å²) < 4.78 is 0. The van der Waals surface area contributed by atoms with Crippen LogP contribution in [0.4, 0.5) is 0 Å². The van der Waals surface area contributed by atoms with Crippen molar-refractivity contribution in [1.82, 2.24) is 4.90 Å². The molecule has 15 heavy (non-hydrogen) atoms. The lowest BCUT2D eigenvalue weighted by atomic mass is 9.99. The second kappa shape index (κ2) is 6.90. The first-order chi connectivity index (χ1) is 7.27. The van der Waals surface area contributed by atoms with Gasteiger partial charge in [-0.05, 0) is 25.8 Å². The van der Waals surface area contributed by atoms with Crippen LogP contribution >= 0.6 is 0 Å². The summed E-state index contributed by atoms with van der Waals surface area (Å²) in [6.45, 7) is 4.53. The predicted octanol–water partition coefficient (Wildman–Crippen LogP) is 1.69. The van der Waals surface area contributed by atoms with Gasteiger partial charge in [0, 0.05) is 19.6 Å². The third kappa shape index (κ3) is 4.26. The maximum absolute atomic E-state index is 9.75. The Morgan fingerprint density at radius 1 is 1.47 bits per heavy atom. The van der Waals surface area contributed by atoms with Gasteiger partial charge >= 0.3 is 0 Å². The number of azo groups is 1. The van der Waals surface area contributed by atoms with E-state index in [2.05, 4.69) is 22.1 Å². The first-order valence-electron chi connectivity index (χ1n) is 5.95. The summed E-state index contributed by atoms with van der Waals surface area (Å²) in [5.74, 6) is 0. The fraction of sp³-hybridized carbons (Fsp3) is 1.00. The Bertz CT molecular complexity index is 196. The van der Waals surface area contributed by atoms with Gasteiger partial charge in [0.1, 0.15) is 0 Å². The number of rotatable bonds is 5. The van der Waals surface area contributed by atoms with Crippen molar-refractivity contribution in [2.75, 3.05) is 26.7 Å². The highest BCUT2D eigenvalue weighted by Gasteiger charge is 2.22. The van der Waals surface area contributed by atoms with Gasteiger partial charge < -0.3 is 5.11 Å². The third-order valence-electron chi connectivity index (χ3n) is 3.10. The second-order valence-electron chi connectivity index (χ2n) is 4.23. The monoisotopic (exact) mass is 213 g/mol. The smallest absolute Gasteiger partial charge is 0.0880 e. The zero-order valence-corrected chi connectivity index (χ0v) is 9.89. The van der Waals surface area contributed by atoms with E-state index < -0.39 is 0 Å². The molecule has 0 spiro atoms. The highest BCUT2D eigenvalue weighted by Crippen LogP contribution is 2.19. The minimum absolute atomic E-state index is 0.360. The Morgan fingerprint density at radius 2 is 2.27 bits per heavy atom. The van der Waals surface area contributed by atoms with Crippen molar-refractivity contribution in [2.24, 2.45) is 10.2 Å². The maximum Gasteiger partial charge on any atom is 0.0880 e. The molecule has 0 aromatic carbocycles. The number of piperidine rings is 1. The van der Waals surface area contributed by atoms with Gasteiger partial charge in [-0.15, -0.1) is 0 Å². The highest BCUT2D eigenvalue weighted by molar-refractivity contribution is 4.78. The molecule has 2 atom stereocenters. The number of aliphatic hydroxyl groups excluding tert-OH is 1. The third-order valence-corrected chi connectivity index (χ3v) is 3.10. The molecule has 1 aliphatic rings. The van der Waals surface area contributed by atoms with Gasteiger partial charge in [-0.3, -0.25) is 4.90 Å². The summed E-state index contributed by atoms with van der Waals surface area (Å²) in [5.41, 5.74) is 0. The number of hydrogen-bond donors (Lipinski definition) is 1. The molecule has 0 saturated carbocycles. The lowest BCUT2D eigenvalue weighted by Crippen LogP contribution is -2.44. The average Bonchev–Trinajstić information content (AvgIpc) is 2.27. The molecule has 1 rings (SSSR count). The molecule has 0 bridgehead atoms. The summed E-state index contributed by atoms with van der Waals surface area (Å²) in [6, 6.07) is 0.659. The summed E-state index contributed by atoms with van der Waals surface area (Å²) in [6.07, 6.45) is 4.69. The largest absolute Gasteiger partial charge is 0.390 e. The Labute approximate surface area is 92.4 Å². The molecule has 4 nitrogen and oxygen atoms in total. The van der Waals surface area contributed by atoms with E-state index in [1.807, 2.05) is 0 Å². The minimum Gasteiger partial charge on any atom is -0.390 e. The van der Waals surface area contributed by atoms with E-state index in [-0.39, 0.29) is 6.10 Å². The molecule has 1 heterocycles. The van der Waals surface area contributed by atoms with Crippen molar-refractivity contribution < 1.29 is 5.11 Å². The molecule has 4 heteroatoms. The van der Waals surface area contributed by atoms with Crippen LogP contribution in [0.25, 0.3) is 0 Å². The summed E-state index contributed by atoms with van der Waals surface area (Å²) >= 11 is 0. The van der Waals surface area contributed by atoms with E-state index in [9.17, 15) is 5.11 Å². The Morgan fingerprint density at radius 3 is 2.93 bits per heavy atom. The van der Waals surface area contributed by atoms with Gasteiger partial charge in [0.25, 0.3) is 0 Å². The van der Waals surface area contributed by atoms with Crippen molar-refractivity contribution in [3.63, 3.8) is 0 Å². The number of hydrogen-bond acceptors (Lipinski definition) is 4. The Balaban J connectivity index is 2.33. The van der Waals surface area contributed by atoms with Gasteiger partial charge in [0.05, 0.1) is 12.6 Å². The molecule has 0 aromatic rings. The van der Waals surface area contributed by atoms with Crippen LogP contribution in [0.3, 0.4) is 0 Å². The van der Waals surface area contributed by atoms with Crippen LogP contribution in [0, 0.1) is 0 Å². The standard InChI is InChI=1S/C11H23N3O/c1-3-10-6-4-5-7-14(10)9-11(15)8-13-12-2/h10-11,15H,3-9H2,1-2H3/t10?,11-/m0/s1. The van der Waals surface area contributed by atoms with Crippen molar-refractivity contribution in [3.8, 4) is 0 Å². The lowest BCUT2D eigenvalue weighted by molar-refractivity contribution is 0.0696. The SMILES string of the molecule is CCC1CCCCN1C[C@@H](O)CN=NC. The van der Waals surface area contributed by atoms with Crippen LogP contribution in [-0.2, 0) is 0 Å². The normalized spacial score (nSPS) is 25.9.